The predicted molar refractivity (Wildman–Crippen MR) is 103 cm³/mol. The SMILES string of the molecule is CNSc1ccc(Nc2ccc(Cl)c(Cl)c2)c(-c2cn(C)cn2)c1. The lowest BCUT2D eigenvalue weighted by Crippen LogP contribution is -1.96. The highest BCUT2D eigenvalue weighted by Crippen LogP contribution is 2.34. The van der Waals surface area contributed by atoms with Crippen molar-refractivity contribution in [2.24, 2.45) is 7.05 Å². The van der Waals surface area contributed by atoms with E-state index in [0.717, 1.165) is 27.5 Å². The molecule has 2 N–H and O–H groups in total. The molecule has 4 nitrogen and oxygen atoms in total. The molecule has 2 aromatic carbocycles. The lowest BCUT2D eigenvalue weighted by Gasteiger charge is -2.13. The summed E-state index contributed by atoms with van der Waals surface area (Å²) in [5, 5.41) is 4.45. The van der Waals surface area contributed by atoms with Crippen LogP contribution in [-0.2, 0) is 7.05 Å². The molecule has 0 fully saturated rings. The van der Waals surface area contributed by atoms with Crippen LogP contribution in [0.15, 0.2) is 53.8 Å². The second-order valence-electron chi connectivity index (χ2n) is 5.19. The average molecular weight is 379 g/mol. The first-order valence-electron chi connectivity index (χ1n) is 7.25. The summed E-state index contributed by atoms with van der Waals surface area (Å²) < 4.78 is 5.02. The number of halogens is 2. The lowest BCUT2D eigenvalue weighted by molar-refractivity contribution is 0.913. The van der Waals surface area contributed by atoms with Crippen molar-refractivity contribution in [3.63, 3.8) is 0 Å². The maximum atomic E-state index is 6.11. The van der Waals surface area contributed by atoms with Crippen LogP contribution in [0.4, 0.5) is 11.4 Å². The van der Waals surface area contributed by atoms with Gasteiger partial charge in [-0.15, -0.1) is 0 Å². The van der Waals surface area contributed by atoms with Gasteiger partial charge in [0.2, 0.25) is 0 Å². The van der Waals surface area contributed by atoms with Crippen LogP contribution in [0.3, 0.4) is 0 Å². The molecule has 0 aliphatic carbocycles. The molecule has 0 aliphatic rings. The van der Waals surface area contributed by atoms with Gasteiger partial charge in [0.1, 0.15) is 0 Å². The molecule has 1 heterocycles. The molecule has 3 rings (SSSR count). The Balaban J connectivity index is 2.01. The van der Waals surface area contributed by atoms with E-state index in [1.165, 1.54) is 0 Å². The number of rotatable bonds is 5. The van der Waals surface area contributed by atoms with Gasteiger partial charge in [0.25, 0.3) is 0 Å². The molecule has 0 aliphatic heterocycles. The Morgan fingerprint density at radius 2 is 1.92 bits per heavy atom. The van der Waals surface area contributed by atoms with Crippen LogP contribution < -0.4 is 10.0 Å². The van der Waals surface area contributed by atoms with Crippen molar-refractivity contribution in [1.29, 1.82) is 0 Å². The van der Waals surface area contributed by atoms with Gasteiger partial charge in [-0.1, -0.05) is 23.2 Å². The molecule has 0 unspecified atom stereocenters. The predicted octanol–water partition coefficient (Wildman–Crippen LogP) is 5.36. The second-order valence-corrected chi connectivity index (χ2v) is 7.09. The lowest BCUT2D eigenvalue weighted by atomic mass is 10.1. The summed E-state index contributed by atoms with van der Waals surface area (Å²) >= 11 is 13.7. The zero-order valence-corrected chi connectivity index (χ0v) is 15.5. The highest BCUT2D eigenvalue weighted by atomic mass is 35.5. The fraction of sp³-hybridized carbons (Fsp3) is 0.118. The van der Waals surface area contributed by atoms with Gasteiger partial charge in [0.05, 0.1) is 22.1 Å². The normalized spacial score (nSPS) is 10.8. The van der Waals surface area contributed by atoms with Crippen LogP contribution in [0.2, 0.25) is 10.0 Å². The molecule has 7 heteroatoms. The maximum absolute atomic E-state index is 6.11. The molecule has 0 amide bonds. The molecule has 0 radical (unpaired) electrons. The number of anilines is 2. The molecule has 0 atom stereocenters. The van der Waals surface area contributed by atoms with Crippen molar-refractivity contribution >= 4 is 46.5 Å². The smallest absolute Gasteiger partial charge is 0.0951 e. The van der Waals surface area contributed by atoms with Crippen LogP contribution >= 0.6 is 35.1 Å². The molecule has 0 saturated heterocycles. The first kappa shape index (κ1) is 17.2. The molecular formula is C17H16Cl2N4S. The number of hydrogen-bond acceptors (Lipinski definition) is 4. The Hall–Kier alpha value is -1.66. The zero-order valence-electron chi connectivity index (χ0n) is 13.2. The number of hydrogen-bond donors (Lipinski definition) is 2. The largest absolute Gasteiger partial charge is 0.355 e. The molecular weight excluding hydrogens is 363 g/mol. The van der Waals surface area contributed by atoms with Gasteiger partial charge < -0.3 is 9.88 Å². The molecule has 0 bridgehead atoms. The summed E-state index contributed by atoms with van der Waals surface area (Å²) in [5.41, 5.74) is 3.74. The molecule has 1 aromatic heterocycles. The quantitative estimate of drug-likeness (QED) is 0.586. The fourth-order valence-electron chi connectivity index (χ4n) is 2.31. The summed E-state index contributed by atoms with van der Waals surface area (Å²) in [6.45, 7) is 0. The molecule has 3 aromatic rings. The van der Waals surface area contributed by atoms with E-state index in [0.29, 0.717) is 10.0 Å². The maximum Gasteiger partial charge on any atom is 0.0951 e. The minimum absolute atomic E-state index is 0.517. The third-order valence-electron chi connectivity index (χ3n) is 3.39. The molecule has 0 saturated carbocycles. The van der Waals surface area contributed by atoms with E-state index >= 15 is 0 Å². The minimum Gasteiger partial charge on any atom is -0.355 e. The molecule has 0 spiro atoms. The highest BCUT2D eigenvalue weighted by Gasteiger charge is 2.10. The van der Waals surface area contributed by atoms with Gasteiger partial charge in [-0.25, -0.2) is 4.98 Å². The number of imidazole rings is 1. The van der Waals surface area contributed by atoms with Gasteiger partial charge >= 0.3 is 0 Å². The monoisotopic (exact) mass is 378 g/mol. The molecule has 124 valence electrons. The Morgan fingerprint density at radius 1 is 1.08 bits per heavy atom. The van der Waals surface area contributed by atoms with Crippen molar-refractivity contribution in [2.45, 2.75) is 4.90 Å². The van der Waals surface area contributed by atoms with Gasteiger partial charge in [-0.3, -0.25) is 4.72 Å². The van der Waals surface area contributed by atoms with Crippen LogP contribution in [0.5, 0.6) is 0 Å². The third-order valence-corrected chi connectivity index (χ3v) is 4.82. The number of nitrogens with one attached hydrogen (secondary N) is 2. The van der Waals surface area contributed by atoms with Gasteiger partial charge in [-0.2, -0.15) is 0 Å². The van der Waals surface area contributed by atoms with Crippen molar-refractivity contribution < 1.29 is 0 Å². The number of aromatic nitrogens is 2. The summed E-state index contributed by atoms with van der Waals surface area (Å²) in [4.78, 5) is 5.58. The number of nitrogens with zero attached hydrogens (tertiary/aromatic N) is 2. The summed E-state index contributed by atoms with van der Waals surface area (Å²) in [5.74, 6) is 0. The minimum atomic E-state index is 0.517. The van der Waals surface area contributed by atoms with E-state index in [9.17, 15) is 0 Å². The van der Waals surface area contributed by atoms with Crippen LogP contribution in [0, 0.1) is 0 Å². The van der Waals surface area contributed by atoms with Gasteiger partial charge in [-0.05, 0) is 55.4 Å². The Bertz CT molecular complexity index is 864. The summed E-state index contributed by atoms with van der Waals surface area (Å²) in [7, 11) is 3.85. The number of aryl methyl sites for hydroxylation is 1. The van der Waals surface area contributed by atoms with Crippen molar-refractivity contribution in [2.75, 3.05) is 12.4 Å². The Morgan fingerprint density at radius 3 is 2.58 bits per heavy atom. The molecule has 24 heavy (non-hydrogen) atoms. The first-order chi connectivity index (χ1) is 11.6. The van der Waals surface area contributed by atoms with Gasteiger partial charge in [0, 0.05) is 35.1 Å². The van der Waals surface area contributed by atoms with E-state index in [1.54, 1.807) is 24.3 Å². The average Bonchev–Trinajstić information content (AvgIpc) is 2.99. The highest BCUT2D eigenvalue weighted by molar-refractivity contribution is 7.97. The first-order valence-corrected chi connectivity index (χ1v) is 8.82. The number of benzene rings is 2. The van der Waals surface area contributed by atoms with E-state index in [-0.39, 0.29) is 0 Å². The van der Waals surface area contributed by atoms with E-state index in [4.69, 9.17) is 23.2 Å². The van der Waals surface area contributed by atoms with Crippen molar-refractivity contribution in [3.8, 4) is 11.3 Å². The van der Waals surface area contributed by atoms with Crippen molar-refractivity contribution in [3.05, 3.63) is 59.0 Å². The van der Waals surface area contributed by atoms with Crippen LogP contribution in [0.25, 0.3) is 11.3 Å². The van der Waals surface area contributed by atoms with Gasteiger partial charge in [0.15, 0.2) is 0 Å². The summed E-state index contributed by atoms with van der Waals surface area (Å²) in [6.07, 6.45) is 3.78. The van der Waals surface area contributed by atoms with E-state index in [2.05, 4.69) is 21.1 Å². The van der Waals surface area contributed by atoms with E-state index < -0.39 is 0 Å². The van der Waals surface area contributed by atoms with Crippen molar-refractivity contribution in [1.82, 2.24) is 14.3 Å². The second kappa shape index (κ2) is 7.49. The topological polar surface area (TPSA) is 41.9 Å². The third kappa shape index (κ3) is 3.87. The Labute approximate surface area is 155 Å². The summed E-state index contributed by atoms with van der Waals surface area (Å²) in [6, 6.07) is 11.7. The standard InChI is InChI=1S/C17H16Cl2N4S/c1-20-24-12-4-6-16(13(8-12)17-9-23(2)10-21-17)22-11-3-5-14(18)15(19)7-11/h3-10,20,22H,1-2H3. The van der Waals surface area contributed by atoms with Crippen LogP contribution in [-0.4, -0.2) is 16.6 Å². The van der Waals surface area contributed by atoms with E-state index in [1.807, 2.05) is 49.1 Å². The zero-order chi connectivity index (χ0) is 17.1. The fourth-order valence-corrected chi connectivity index (χ4v) is 3.15. The Kier molecular flexibility index (Phi) is 5.36. The van der Waals surface area contributed by atoms with Crippen LogP contribution in [0.1, 0.15) is 0 Å².